The molecular formula is C21H31N5O3. The smallest absolute Gasteiger partial charge is 0.313 e. The van der Waals surface area contributed by atoms with Gasteiger partial charge >= 0.3 is 11.8 Å². The zero-order valence-corrected chi connectivity index (χ0v) is 17.5. The summed E-state index contributed by atoms with van der Waals surface area (Å²) in [6.45, 7) is 7.53. The van der Waals surface area contributed by atoms with E-state index in [2.05, 4.69) is 17.2 Å². The molecule has 8 heteroatoms. The number of rotatable bonds is 2. The summed E-state index contributed by atoms with van der Waals surface area (Å²) in [5.41, 5.74) is 6.93. The fourth-order valence-corrected chi connectivity index (χ4v) is 4.47. The van der Waals surface area contributed by atoms with Crippen LogP contribution in [0.15, 0.2) is 12.3 Å². The first-order valence-corrected chi connectivity index (χ1v) is 10.4. The molecule has 0 aromatic carbocycles. The number of piperidine rings is 2. The van der Waals surface area contributed by atoms with Gasteiger partial charge in [0.2, 0.25) is 5.91 Å². The molecule has 0 saturated carbocycles. The van der Waals surface area contributed by atoms with Crippen LogP contribution in [0.1, 0.15) is 45.1 Å². The van der Waals surface area contributed by atoms with E-state index in [1.807, 2.05) is 4.90 Å². The van der Waals surface area contributed by atoms with E-state index in [1.54, 1.807) is 24.8 Å². The minimum atomic E-state index is -0.642. The van der Waals surface area contributed by atoms with Crippen molar-refractivity contribution in [2.24, 2.45) is 11.8 Å². The summed E-state index contributed by atoms with van der Waals surface area (Å²) in [7, 11) is 0. The maximum Gasteiger partial charge on any atom is 0.313 e. The van der Waals surface area contributed by atoms with E-state index < -0.39 is 11.8 Å². The Hall–Kier alpha value is -2.64. The number of hydrogen-bond acceptors (Lipinski definition) is 5. The molecule has 1 aromatic rings. The molecule has 2 saturated heterocycles. The molecule has 3 amide bonds. The molecule has 3 rings (SSSR count). The Morgan fingerprint density at radius 3 is 2.48 bits per heavy atom. The third-order valence-corrected chi connectivity index (χ3v) is 6.22. The second-order valence-electron chi connectivity index (χ2n) is 8.43. The first-order chi connectivity index (χ1) is 13.8. The summed E-state index contributed by atoms with van der Waals surface area (Å²) in [5, 5.41) is 2.67. The number of carbonyl (C=O) groups excluding carboxylic acids is 3. The fourth-order valence-electron chi connectivity index (χ4n) is 4.47. The first kappa shape index (κ1) is 21.1. The van der Waals surface area contributed by atoms with Crippen molar-refractivity contribution in [2.45, 2.75) is 52.5 Å². The standard InChI is InChI=1S/C21H31N5O3/c1-13-4-5-18(16-6-8-25(9-7-16)15(3)27)26(12-13)21(29)20(28)24-17-10-14(2)19(22)23-11-17/h10-11,13,16,18H,4-9,12H2,1-3H3,(H2,22,23)(H,24,28)/t13-,18+/m0/s1. The van der Waals surface area contributed by atoms with E-state index in [1.165, 1.54) is 6.20 Å². The van der Waals surface area contributed by atoms with Gasteiger partial charge in [-0.05, 0) is 56.1 Å². The van der Waals surface area contributed by atoms with Crippen LogP contribution in [0.2, 0.25) is 0 Å². The van der Waals surface area contributed by atoms with Gasteiger partial charge in [0.05, 0.1) is 11.9 Å². The zero-order chi connectivity index (χ0) is 21.1. The normalized spacial score (nSPS) is 23.0. The Morgan fingerprint density at radius 2 is 1.86 bits per heavy atom. The molecule has 2 aliphatic heterocycles. The van der Waals surface area contributed by atoms with E-state index in [9.17, 15) is 14.4 Å². The Kier molecular flexibility index (Phi) is 6.39. The van der Waals surface area contributed by atoms with Crippen molar-refractivity contribution in [1.82, 2.24) is 14.8 Å². The molecule has 3 N–H and O–H groups in total. The SMILES string of the molecule is CC(=O)N1CCC([C@H]2CC[C@H](C)CN2C(=O)C(=O)Nc2cnc(N)c(C)c2)CC1. The summed E-state index contributed by atoms with van der Waals surface area (Å²) in [5.74, 6) is 0.0360. The van der Waals surface area contributed by atoms with Crippen LogP contribution >= 0.6 is 0 Å². The molecule has 0 bridgehead atoms. The maximum absolute atomic E-state index is 13.0. The molecule has 8 nitrogen and oxygen atoms in total. The summed E-state index contributed by atoms with van der Waals surface area (Å²) < 4.78 is 0. The number of nitrogen functional groups attached to an aromatic ring is 1. The van der Waals surface area contributed by atoms with Gasteiger partial charge in [0.25, 0.3) is 0 Å². The van der Waals surface area contributed by atoms with E-state index in [-0.39, 0.29) is 11.9 Å². The van der Waals surface area contributed by atoms with Crippen molar-refractivity contribution in [3.05, 3.63) is 17.8 Å². The number of anilines is 2. The number of hydrogen-bond donors (Lipinski definition) is 2. The number of nitrogens with zero attached hydrogens (tertiary/aromatic N) is 3. The van der Waals surface area contributed by atoms with E-state index in [4.69, 9.17) is 5.73 Å². The fraction of sp³-hybridized carbons (Fsp3) is 0.619. The van der Waals surface area contributed by atoms with E-state index in [0.29, 0.717) is 29.9 Å². The highest BCUT2D eigenvalue weighted by Crippen LogP contribution is 2.32. The van der Waals surface area contributed by atoms with Crippen LogP contribution in [0, 0.1) is 18.8 Å². The van der Waals surface area contributed by atoms with Crippen LogP contribution in [-0.4, -0.2) is 58.2 Å². The van der Waals surface area contributed by atoms with Gasteiger partial charge in [-0.3, -0.25) is 14.4 Å². The van der Waals surface area contributed by atoms with Gasteiger partial charge in [-0.2, -0.15) is 0 Å². The largest absolute Gasteiger partial charge is 0.383 e. The van der Waals surface area contributed by atoms with Crippen molar-refractivity contribution in [3.8, 4) is 0 Å². The number of carbonyl (C=O) groups is 3. The van der Waals surface area contributed by atoms with Gasteiger partial charge in [-0.1, -0.05) is 6.92 Å². The number of nitrogens with two attached hydrogens (primary N) is 1. The summed E-state index contributed by atoms with van der Waals surface area (Å²) in [4.78, 5) is 44.9. The van der Waals surface area contributed by atoms with Gasteiger partial charge in [0, 0.05) is 32.6 Å². The average molecular weight is 402 g/mol. The van der Waals surface area contributed by atoms with Crippen LogP contribution in [0.25, 0.3) is 0 Å². The van der Waals surface area contributed by atoms with Crippen molar-refractivity contribution in [2.75, 3.05) is 30.7 Å². The van der Waals surface area contributed by atoms with Crippen LogP contribution in [0.4, 0.5) is 11.5 Å². The lowest BCUT2D eigenvalue weighted by Gasteiger charge is -2.45. The molecule has 2 aliphatic rings. The number of pyridine rings is 1. The highest BCUT2D eigenvalue weighted by molar-refractivity contribution is 6.39. The van der Waals surface area contributed by atoms with Crippen LogP contribution in [0.3, 0.4) is 0 Å². The van der Waals surface area contributed by atoms with Gasteiger partial charge in [0.15, 0.2) is 0 Å². The molecule has 3 heterocycles. The second kappa shape index (κ2) is 8.80. The lowest BCUT2D eigenvalue weighted by Crippen LogP contribution is -2.54. The van der Waals surface area contributed by atoms with Gasteiger partial charge in [0.1, 0.15) is 5.82 Å². The van der Waals surface area contributed by atoms with Crippen molar-refractivity contribution in [1.29, 1.82) is 0 Å². The zero-order valence-electron chi connectivity index (χ0n) is 17.5. The molecule has 1 aromatic heterocycles. The highest BCUT2D eigenvalue weighted by Gasteiger charge is 2.38. The third-order valence-electron chi connectivity index (χ3n) is 6.22. The quantitative estimate of drug-likeness (QED) is 0.735. The number of amides is 3. The molecule has 0 spiro atoms. The predicted octanol–water partition coefficient (Wildman–Crippen LogP) is 1.80. The van der Waals surface area contributed by atoms with E-state index >= 15 is 0 Å². The Morgan fingerprint density at radius 1 is 1.17 bits per heavy atom. The number of aromatic nitrogens is 1. The number of likely N-dealkylation sites (tertiary alicyclic amines) is 2. The lowest BCUT2D eigenvalue weighted by atomic mass is 9.81. The Balaban J connectivity index is 1.69. The molecule has 2 fully saturated rings. The second-order valence-corrected chi connectivity index (χ2v) is 8.43. The molecule has 29 heavy (non-hydrogen) atoms. The number of aryl methyl sites for hydroxylation is 1. The Labute approximate surface area is 171 Å². The lowest BCUT2D eigenvalue weighted by molar-refractivity contribution is -0.148. The first-order valence-electron chi connectivity index (χ1n) is 10.4. The van der Waals surface area contributed by atoms with Gasteiger partial charge in [-0.25, -0.2) is 4.98 Å². The monoisotopic (exact) mass is 401 g/mol. The molecular weight excluding hydrogens is 370 g/mol. The average Bonchev–Trinajstić information content (AvgIpc) is 2.70. The molecule has 2 atom stereocenters. The number of nitrogens with one attached hydrogen (secondary N) is 1. The summed E-state index contributed by atoms with van der Waals surface area (Å²) in [6, 6.07) is 1.76. The van der Waals surface area contributed by atoms with Crippen LogP contribution in [0.5, 0.6) is 0 Å². The minimum Gasteiger partial charge on any atom is -0.383 e. The van der Waals surface area contributed by atoms with Crippen LogP contribution < -0.4 is 11.1 Å². The van der Waals surface area contributed by atoms with Gasteiger partial charge in [-0.15, -0.1) is 0 Å². The van der Waals surface area contributed by atoms with E-state index in [0.717, 1.165) is 44.3 Å². The molecule has 0 aliphatic carbocycles. The van der Waals surface area contributed by atoms with Gasteiger partial charge < -0.3 is 20.9 Å². The minimum absolute atomic E-state index is 0.0461. The molecule has 0 radical (unpaired) electrons. The maximum atomic E-state index is 13.0. The topological polar surface area (TPSA) is 109 Å². The summed E-state index contributed by atoms with van der Waals surface area (Å²) in [6.07, 6.45) is 5.13. The van der Waals surface area contributed by atoms with Crippen molar-refractivity contribution < 1.29 is 14.4 Å². The predicted molar refractivity (Wildman–Crippen MR) is 111 cm³/mol. The highest BCUT2D eigenvalue weighted by atomic mass is 16.2. The molecule has 158 valence electrons. The van der Waals surface area contributed by atoms with Crippen molar-refractivity contribution >= 4 is 29.2 Å². The third kappa shape index (κ3) is 4.86. The van der Waals surface area contributed by atoms with Crippen LogP contribution in [-0.2, 0) is 14.4 Å². The Bertz CT molecular complexity index is 789. The molecule has 0 unspecified atom stereocenters. The van der Waals surface area contributed by atoms with Crippen molar-refractivity contribution in [3.63, 3.8) is 0 Å². The summed E-state index contributed by atoms with van der Waals surface area (Å²) >= 11 is 0.